The zero-order chi connectivity index (χ0) is 17.8. The normalized spacial score (nSPS) is 14.4. The molecule has 1 fully saturated rings. The smallest absolute Gasteiger partial charge is 0.257 e. The van der Waals surface area contributed by atoms with Crippen LogP contribution in [0.3, 0.4) is 0 Å². The molecule has 3 rings (SSSR count). The minimum absolute atomic E-state index is 0.107. The lowest BCUT2D eigenvalue weighted by Crippen LogP contribution is -2.49. The molecule has 1 aliphatic heterocycles. The van der Waals surface area contributed by atoms with E-state index in [1.54, 1.807) is 42.3 Å². The van der Waals surface area contributed by atoms with Gasteiger partial charge in [-0.25, -0.2) is 4.39 Å². The second kappa shape index (κ2) is 7.42. The molecule has 2 aromatic rings. The first-order valence-electron chi connectivity index (χ1n) is 8.15. The van der Waals surface area contributed by atoms with E-state index < -0.39 is 0 Å². The average molecular weight is 344 g/mol. The summed E-state index contributed by atoms with van der Waals surface area (Å²) in [7, 11) is 3.06. The van der Waals surface area contributed by atoms with Crippen molar-refractivity contribution in [2.75, 3.05) is 45.3 Å². The van der Waals surface area contributed by atoms with Crippen LogP contribution in [0.15, 0.2) is 42.5 Å². The third-order valence-electron chi connectivity index (χ3n) is 4.39. The first-order chi connectivity index (χ1) is 12.2. The molecule has 0 saturated carbocycles. The molecule has 0 bridgehead atoms. The van der Waals surface area contributed by atoms with Gasteiger partial charge in [0.05, 0.1) is 25.5 Å². The van der Waals surface area contributed by atoms with Gasteiger partial charge < -0.3 is 19.3 Å². The highest BCUT2D eigenvalue weighted by Gasteiger charge is 2.26. The number of methoxy groups -OCH3 is 2. The lowest BCUT2D eigenvalue weighted by molar-refractivity contribution is 0.0742. The molecule has 0 spiro atoms. The topological polar surface area (TPSA) is 42.0 Å². The Hall–Kier alpha value is -2.76. The van der Waals surface area contributed by atoms with E-state index in [1.807, 2.05) is 11.0 Å². The Morgan fingerprint density at radius 1 is 0.960 bits per heavy atom. The number of ether oxygens (including phenoxy) is 2. The van der Waals surface area contributed by atoms with E-state index in [0.29, 0.717) is 48.9 Å². The summed E-state index contributed by atoms with van der Waals surface area (Å²) < 4.78 is 24.5. The number of hydrogen-bond acceptors (Lipinski definition) is 4. The number of halogens is 1. The van der Waals surface area contributed by atoms with E-state index >= 15 is 0 Å². The van der Waals surface area contributed by atoms with Crippen LogP contribution in [-0.2, 0) is 0 Å². The predicted octanol–water partition coefficient (Wildman–Crippen LogP) is 2.81. The van der Waals surface area contributed by atoms with Crippen LogP contribution in [0.5, 0.6) is 11.5 Å². The molecule has 0 N–H and O–H groups in total. The number of piperazine rings is 1. The maximum absolute atomic E-state index is 13.9. The van der Waals surface area contributed by atoms with Crippen molar-refractivity contribution in [1.82, 2.24) is 4.90 Å². The van der Waals surface area contributed by atoms with E-state index in [4.69, 9.17) is 9.47 Å². The largest absolute Gasteiger partial charge is 0.493 e. The zero-order valence-corrected chi connectivity index (χ0v) is 14.4. The number of amides is 1. The Balaban J connectivity index is 1.73. The van der Waals surface area contributed by atoms with Crippen molar-refractivity contribution < 1.29 is 18.7 Å². The second-order valence-corrected chi connectivity index (χ2v) is 5.77. The van der Waals surface area contributed by atoms with E-state index in [9.17, 15) is 9.18 Å². The number of rotatable bonds is 4. The number of benzene rings is 2. The summed E-state index contributed by atoms with van der Waals surface area (Å²) in [4.78, 5) is 16.6. The van der Waals surface area contributed by atoms with Crippen LogP contribution in [0.25, 0.3) is 0 Å². The van der Waals surface area contributed by atoms with Crippen molar-refractivity contribution in [3.05, 3.63) is 53.8 Å². The maximum atomic E-state index is 13.9. The van der Waals surface area contributed by atoms with Gasteiger partial charge in [0, 0.05) is 26.2 Å². The van der Waals surface area contributed by atoms with Crippen LogP contribution in [0, 0.1) is 5.82 Å². The van der Waals surface area contributed by atoms with Crippen LogP contribution < -0.4 is 14.4 Å². The minimum atomic E-state index is -0.239. The fourth-order valence-electron chi connectivity index (χ4n) is 3.08. The molecule has 0 unspecified atom stereocenters. The van der Waals surface area contributed by atoms with Gasteiger partial charge in [-0.1, -0.05) is 18.2 Å². The Labute approximate surface area is 146 Å². The third kappa shape index (κ3) is 3.38. The first-order valence-corrected chi connectivity index (χ1v) is 8.15. The lowest BCUT2D eigenvalue weighted by atomic mass is 10.1. The Morgan fingerprint density at radius 2 is 1.68 bits per heavy atom. The quantitative estimate of drug-likeness (QED) is 0.855. The highest BCUT2D eigenvalue weighted by atomic mass is 19.1. The molecule has 2 aromatic carbocycles. The van der Waals surface area contributed by atoms with Crippen LogP contribution in [0.1, 0.15) is 10.4 Å². The number of para-hydroxylation sites is 2. The molecule has 1 aliphatic rings. The van der Waals surface area contributed by atoms with E-state index in [1.165, 1.54) is 13.2 Å². The monoisotopic (exact) mass is 344 g/mol. The molecule has 5 nitrogen and oxygen atoms in total. The maximum Gasteiger partial charge on any atom is 0.257 e. The van der Waals surface area contributed by atoms with Gasteiger partial charge >= 0.3 is 0 Å². The molecule has 25 heavy (non-hydrogen) atoms. The van der Waals surface area contributed by atoms with Gasteiger partial charge in [-0.15, -0.1) is 0 Å². The van der Waals surface area contributed by atoms with Gasteiger partial charge in [-0.3, -0.25) is 4.79 Å². The lowest BCUT2D eigenvalue weighted by Gasteiger charge is -2.36. The van der Waals surface area contributed by atoms with E-state index in [-0.39, 0.29) is 11.7 Å². The van der Waals surface area contributed by atoms with Gasteiger partial charge in [-0.05, 0) is 24.3 Å². The van der Waals surface area contributed by atoms with Crippen molar-refractivity contribution in [1.29, 1.82) is 0 Å². The van der Waals surface area contributed by atoms with Crippen LogP contribution in [-0.4, -0.2) is 51.2 Å². The fourth-order valence-corrected chi connectivity index (χ4v) is 3.08. The minimum Gasteiger partial charge on any atom is -0.493 e. The fraction of sp³-hybridized carbons (Fsp3) is 0.316. The molecule has 0 aromatic heterocycles. The Morgan fingerprint density at radius 3 is 2.32 bits per heavy atom. The zero-order valence-electron chi connectivity index (χ0n) is 14.4. The van der Waals surface area contributed by atoms with Gasteiger partial charge in [0.25, 0.3) is 5.91 Å². The van der Waals surface area contributed by atoms with Gasteiger partial charge in [0.1, 0.15) is 5.82 Å². The number of hydrogen-bond donors (Lipinski definition) is 0. The Kier molecular flexibility index (Phi) is 5.07. The molecule has 0 radical (unpaired) electrons. The van der Waals surface area contributed by atoms with Crippen molar-refractivity contribution >= 4 is 11.6 Å². The predicted molar refractivity (Wildman–Crippen MR) is 94.1 cm³/mol. The molecule has 6 heteroatoms. The van der Waals surface area contributed by atoms with Gasteiger partial charge in [0.15, 0.2) is 11.5 Å². The molecule has 0 aliphatic carbocycles. The SMILES string of the molecule is COc1cccc(C(=O)N2CCN(c3ccccc3F)CC2)c1OC. The van der Waals surface area contributed by atoms with Crippen LogP contribution in [0.4, 0.5) is 10.1 Å². The Bertz CT molecular complexity index is 758. The van der Waals surface area contributed by atoms with Crippen LogP contribution >= 0.6 is 0 Å². The standard InChI is InChI=1S/C19H21FN2O3/c1-24-17-9-5-6-14(18(17)25-2)19(23)22-12-10-21(11-13-22)16-8-4-3-7-15(16)20/h3-9H,10-13H2,1-2H3. The summed E-state index contributed by atoms with van der Waals surface area (Å²) in [5, 5.41) is 0. The molecular weight excluding hydrogens is 323 g/mol. The molecule has 132 valence electrons. The van der Waals surface area contributed by atoms with Gasteiger partial charge in [0.2, 0.25) is 0 Å². The second-order valence-electron chi connectivity index (χ2n) is 5.77. The summed E-state index contributed by atoms with van der Waals surface area (Å²) in [5.41, 5.74) is 1.05. The van der Waals surface area contributed by atoms with Crippen molar-refractivity contribution in [3.63, 3.8) is 0 Å². The number of anilines is 1. The highest BCUT2D eigenvalue weighted by Crippen LogP contribution is 2.32. The van der Waals surface area contributed by atoms with Crippen molar-refractivity contribution in [2.45, 2.75) is 0 Å². The molecule has 1 amide bonds. The molecule has 1 heterocycles. The molecule has 0 atom stereocenters. The van der Waals surface area contributed by atoms with E-state index in [2.05, 4.69) is 0 Å². The number of nitrogens with zero attached hydrogens (tertiary/aromatic N) is 2. The van der Waals surface area contributed by atoms with E-state index in [0.717, 1.165) is 0 Å². The third-order valence-corrected chi connectivity index (χ3v) is 4.39. The van der Waals surface area contributed by atoms with Crippen molar-refractivity contribution in [3.8, 4) is 11.5 Å². The summed E-state index contributed by atoms with van der Waals surface area (Å²) in [5.74, 6) is 0.616. The van der Waals surface area contributed by atoms with Gasteiger partial charge in [-0.2, -0.15) is 0 Å². The molecular formula is C19H21FN2O3. The summed E-state index contributed by atoms with van der Waals surface area (Å²) in [6, 6.07) is 12.0. The van der Waals surface area contributed by atoms with Crippen molar-refractivity contribution in [2.24, 2.45) is 0 Å². The first kappa shape index (κ1) is 17.1. The van der Waals surface area contributed by atoms with Crippen LogP contribution in [0.2, 0.25) is 0 Å². The molecule has 1 saturated heterocycles. The number of carbonyl (C=O) groups excluding carboxylic acids is 1. The summed E-state index contributed by atoms with van der Waals surface area (Å²) in [6.07, 6.45) is 0. The summed E-state index contributed by atoms with van der Waals surface area (Å²) >= 11 is 0. The summed E-state index contributed by atoms with van der Waals surface area (Å²) in [6.45, 7) is 2.21. The number of carbonyl (C=O) groups is 1. The highest BCUT2D eigenvalue weighted by molar-refractivity contribution is 5.98. The average Bonchev–Trinajstić information content (AvgIpc) is 2.67.